The molecular formula is C11H11FO3S. The molecule has 2 rings (SSSR count). The van der Waals surface area contributed by atoms with Crippen LogP contribution in [0.3, 0.4) is 0 Å². The van der Waals surface area contributed by atoms with E-state index < -0.39 is 15.1 Å². The largest absolute Gasteiger partial charge is 0.332 e. The minimum atomic E-state index is -4.73. The van der Waals surface area contributed by atoms with Gasteiger partial charge in [-0.2, -0.15) is 8.42 Å². The number of halogens is 1. The molecule has 0 spiro atoms. The van der Waals surface area contributed by atoms with Gasteiger partial charge in [-0.3, -0.25) is 4.79 Å². The summed E-state index contributed by atoms with van der Waals surface area (Å²) in [7, 11) is -4.73. The highest BCUT2D eigenvalue weighted by Crippen LogP contribution is 2.27. The number of carbonyl (C=O) groups excluding carboxylic acids is 1. The highest BCUT2D eigenvalue weighted by molar-refractivity contribution is 7.86. The molecule has 1 aliphatic carbocycles. The fraction of sp³-hybridized carbons (Fsp3) is 0.364. The van der Waals surface area contributed by atoms with E-state index in [1.54, 1.807) is 0 Å². The number of rotatable bonds is 2. The van der Waals surface area contributed by atoms with Crippen LogP contribution in [0.4, 0.5) is 3.89 Å². The lowest BCUT2D eigenvalue weighted by Crippen LogP contribution is -2.08. The second-order valence-electron chi connectivity index (χ2n) is 3.91. The van der Waals surface area contributed by atoms with Gasteiger partial charge in [0.15, 0.2) is 0 Å². The van der Waals surface area contributed by atoms with E-state index in [2.05, 4.69) is 0 Å². The van der Waals surface area contributed by atoms with Gasteiger partial charge in [-0.05, 0) is 48.9 Å². The Bertz CT molecular complexity index is 534. The molecule has 0 heterocycles. The van der Waals surface area contributed by atoms with Gasteiger partial charge in [0.05, 0.1) is 4.90 Å². The van der Waals surface area contributed by atoms with Crippen molar-refractivity contribution in [3.63, 3.8) is 0 Å². The molecule has 86 valence electrons. The number of hydrogen-bond acceptors (Lipinski definition) is 3. The molecule has 5 heteroatoms. The zero-order valence-electron chi connectivity index (χ0n) is 8.57. The SMILES string of the molecule is O=Cc1cc(S(=O)(=O)F)cc2c1CCCC2. The number of aldehydes is 1. The average molecular weight is 242 g/mol. The second kappa shape index (κ2) is 3.97. The van der Waals surface area contributed by atoms with Crippen LogP contribution in [0.2, 0.25) is 0 Å². The van der Waals surface area contributed by atoms with Crippen molar-refractivity contribution in [1.82, 2.24) is 0 Å². The molecule has 0 N–H and O–H groups in total. The quantitative estimate of drug-likeness (QED) is 0.589. The lowest BCUT2D eigenvalue weighted by molar-refractivity contribution is 0.112. The van der Waals surface area contributed by atoms with E-state index >= 15 is 0 Å². The van der Waals surface area contributed by atoms with Gasteiger partial charge in [0, 0.05) is 5.56 Å². The molecule has 0 bridgehead atoms. The first-order chi connectivity index (χ1) is 7.52. The summed E-state index contributed by atoms with van der Waals surface area (Å²) in [6, 6.07) is 2.46. The third-order valence-corrected chi connectivity index (χ3v) is 3.68. The monoisotopic (exact) mass is 242 g/mol. The van der Waals surface area contributed by atoms with Crippen molar-refractivity contribution < 1.29 is 17.1 Å². The summed E-state index contributed by atoms with van der Waals surface area (Å²) in [4.78, 5) is 10.4. The van der Waals surface area contributed by atoms with Crippen LogP contribution >= 0.6 is 0 Å². The maximum Gasteiger partial charge on any atom is 0.332 e. The van der Waals surface area contributed by atoms with Crippen LogP contribution in [0.15, 0.2) is 17.0 Å². The predicted octanol–water partition coefficient (Wildman–Crippen LogP) is 2.04. The fourth-order valence-electron chi connectivity index (χ4n) is 2.12. The van der Waals surface area contributed by atoms with Crippen molar-refractivity contribution >= 4 is 16.5 Å². The Balaban J connectivity index is 2.65. The lowest BCUT2D eigenvalue weighted by atomic mass is 9.89. The van der Waals surface area contributed by atoms with Crippen LogP contribution in [0.5, 0.6) is 0 Å². The smallest absolute Gasteiger partial charge is 0.298 e. The highest BCUT2D eigenvalue weighted by Gasteiger charge is 2.19. The van der Waals surface area contributed by atoms with Crippen LogP contribution in [-0.4, -0.2) is 14.7 Å². The van der Waals surface area contributed by atoms with Crippen molar-refractivity contribution in [2.45, 2.75) is 30.6 Å². The zero-order chi connectivity index (χ0) is 11.8. The lowest BCUT2D eigenvalue weighted by Gasteiger charge is -2.17. The van der Waals surface area contributed by atoms with Gasteiger partial charge in [-0.15, -0.1) is 3.89 Å². The topological polar surface area (TPSA) is 51.2 Å². The number of aryl methyl sites for hydroxylation is 1. The van der Waals surface area contributed by atoms with Crippen LogP contribution in [0.25, 0.3) is 0 Å². The molecular weight excluding hydrogens is 231 g/mol. The number of fused-ring (bicyclic) bond motifs is 1. The van der Waals surface area contributed by atoms with Crippen molar-refractivity contribution in [2.24, 2.45) is 0 Å². The molecule has 0 atom stereocenters. The van der Waals surface area contributed by atoms with Gasteiger partial charge < -0.3 is 0 Å². The Morgan fingerprint density at radius 3 is 2.50 bits per heavy atom. The first kappa shape index (κ1) is 11.3. The molecule has 16 heavy (non-hydrogen) atoms. The van der Waals surface area contributed by atoms with E-state index in [1.165, 1.54) is 6.07 Å². The molecule has 3 nitrogen and oxygen atoms in total. The maximum absolute atomic E-state index is 12.9. The predicted molar refractivity (Wildman–Crippen MR) is 56.8 cm³/mol. The van der Waals surface area contributed by atoms with Crippen LogP contribution in [-0.2, 0) is 23.1 Å². The molecule has 0 unspecified atom stereocenters. The molecule has 0 fully saturated rings. The summed E-state index contributed by atoms with van der Waals surface area (Å²) in [5, 5.41) is 0. The van der Waals surface area contributed by atoms with E-state index in [0.717, 1.165) is 36.5 Å². The van der Waals surface area contributed by atoms with E-state index in [-0.39, 0.29) is 0 Å². The Morgan fingerprint density at radius 1 is 1.19 bits per heavy atom. The molecule has 0 amide bonds. The van der Waals surface area contributed by atoms with Gasteiger partial charge in [0.1, 0.15) is 6.29 Å². The van der Waals surface area contributed by atoms with Gasteiger partial charge >= 0.3 is 10.2 Å². The number of hydrogen-bond donors (Lipinski definition) is 0. The Labute approximate surface area is 93.5 Å². The standard InChI is InChI=1S/C11H11FO3S/c12-16(14,15)10-5-8-3-1-2-4-11(8)9(6-10)7-13/h5-7H,1-4H2. The molecule has 0 aromatic heterocycles. The maximum atomic E-state index is 12.9. The van der Waals surface area contributed by atoms with E-state index in [0.29, 0.717) is 18.3 Å². The van der Waals surface area contributed by atoms with Gasteiger partial charge in [0.2, 0.25) is 0 Å². The fourth-order valence-corrected chi connectivity index (χ4v) is 2.67. The summed E-state index contributed by atoms with van der Waals surface area (Å²) < 4.78 is 34.5. The second-order valence-corrected chi connectivity index (χ2v) is 5.26. The summed E-state index contributed by atoms with van der Waals surface area (Å²) in [5.74, 6) is 0. The Kier molecular flexibility index (Phi) is 2.80. The first-order valence-corrected chi connectivity index (χ1v) is 6.46. The highest BCUT2D eigenvalue weighted by atomic mass is 32.3. The molecule has 0 radical (unpaired) electrons. The molecule has 0 saturated heterocycles. The summed E-state index contributed by atoms with van der Waals surface area (Å²) >= 11 is 0. The Hall–Kier alpha value is -1.23. The van der Waals surface area contributed by atoms with Crippen molar-refractivity contribution in [3.05, 3.63) is 28.8 Å². The molecule has 1 aliphatic rings. The molecule has 1 aromatic carbocycles. The van der Waals surface area contributed by atoms with Gasteiger partial charge in [-0.1, -0.05) is 0 Å². The third kappa shape index (κ3) is 2.00. The minimum absolute atomic E-state index is 0.299. The summed E-state index contributed by atoms with van der Waals surface area (Å²) in [6.07, 6.45) is 3.99. The summed E-state index contributed by atoms with van der Waals surface area (Å²) in [5.41, 5.74) is 1.95. The first-order valence-electron chi connectivity index (χ1n) is 5.08. The van der Waals surface area contributed by atoms with Crippen LogP contribution < -0.4 is 0 Å². The Morgan fingerprint density at radius 2 is 1.88 bits per heavy atom. The average Bonchev–Trinajstić information content (AvgIpc) is 2.26. The van der Waals surface area contributed by atoms with E-state index in [9.17, 15) is 17.1 Å². The van der Waals surface area contributed by atoms with Crippen molar-refractivity contribution in [1.29, 1.82) is 0 Å². The van der Waals surface area contributed by atoms with Crippen molar-refractivity contribution in [2.75, 3.05) is 0 Å². The van der Waals surface area contributed by atoms with Gasteiger partial charge in [-0.25, -0.2) is 0 Å². The van der Waals surface area contributed by atoms with Crippen molar-refractivity contribution in [3.8, 4) is 0 Å². The number of benzene rings is 1. The number of carbonyl (C=O) groups is 1. The molecule has 0 saturated carbocycles. The third-order valence-electron chi connectivity index (χ3n) is 2.88. The summed E-state index contributed by atoms with van der Waals surface area (Å²) in [6.45, 7) is 0. The van der Waals surface area contributed by atoms with E-state index in [1.807, 2.05) is 0 Å². The minimum Gasteiger partial charge on any atom is -0.298 e. The molecule has 1 aromatic rings. The van der Waals surface area contributed by atoms with Gasteiger partial charge in [0.25, 0.3) is 0 Å². The normalized spacial score (nSPS) is 15.6. The zero-order valence-corrected chi connectivity index (χ0v) is 9.39. The van der Waals surface area contributed by atoms with E-state index in [4.69, 9.17) is 0 Å². The van der Waals surface area contributed by atoms with Crippen LogP contribution in [0, 0.1) is 0 Å². The van der Waals surface area contributed by atoms with Crippen LogP contribution in [0.1, 0.15) is 34.3 Å². The molecule has 0 aliphatic heterocycles.